The van der Waals surface area contributed by atoms with Gasteiger partial charge < -0.3 is 10.5 Å². The van der Waals surface area contributed by atoms with Crippen LogP contribution in [-0.4, -0.2) is 12.6 Å². The van der Waals surface area contributed by atoms with Gasteiger partial charge in [0.2, 0.25) is 0 Å². The normalized spacial score (nSPS) is 11.9. The molecule has 0 aliphatic carbocycles. The maximum Gasteiger partial charge on any atom is 0.0716 e. The molecule has 0 saturated carbocycles. The summed E-state index contributed by atoms with van der Waals surface area (Å²) in [6, 6.07) is 10.4. The first kappa shape index (κ1) is 13.4. The molecule has 0 aliphatic heterocycles. The summed E-state index contributed by atoms with van der Waals surface area (Å²) in [4.78, 5) is 0. The van der Waals surface area contributed by atoms with E-state index in [-0.39, 0.29) is 18.4 Å². The molecular formula is C11H18ClNO. The number of ether oxygens (including phenoxy) is 1. The smallest absolute Gasteiger partial charge is 0.0716 e. The quantitative estimate of drug-likeness (QED) is 0.766. The first-order chi connectivity index (χ1) is 6.29. The summed E-state index contributed by atoms with van der Waals surface area (Å²) in [5, 5.41) is 0. The summed E-state index contributed by atoms with van der Waals surface area (Å²) in [6.07, 6.45) is 0.923. The van der Waals surface area contributed by atoms with Crippen LogP contribution in [0, 0.1) is 0 Å². The van der Waals surface area contributed by atoms with Crippen LogP contribution in [0.3, 0.4) is 0 Å². The zero-order chi connectivity index (χ0) is 9.52. The summed E-state index contributed by atoms with van der Waals surface area (Å²) in [5.74, 6) is 0. The van der Waals surface area contributed by atoms with Crippen molar-refractivity contribution in [2.24, 2.45) is 5.73 Å². The fourth-order valence-corrected chi connectivity index (χ4v) is 1.03. The van der Waals surface area contributed by atoms with Crippen molar-refractivity contribution in [2.45, 2.75) is 26.0 Å². The predicted molar refractivity (Wildman–Crippen MR) is 61.6 cm³/mol. The molecule has 14 heavy (non-hydrogen) atoms. The van der Waals surface area contributed by atoms with Gasteiger partial charge in [0.05, 0.1) is 6.61 Å². The molecule has 80 valence electrons. The first-order valence-corrected chi connectivity index (χ1v) is 4.66. The third kappa shape index (κ3) is 5.97. The minimum atomic E-state index is 0. The lowest BCUT2D eigenvalue weighted by Gasteiger charge is -2.06. The highest BCUT2D eigenvalue weighted by Crippen LogP contribution is 2.00. The fourth-order valence-electron chi connectivity index (χ4n) is 1.03. The molecule has 1 atom stereocenters. The number of nitrogens with two attached hydrogens (primary N) is 1. The second-order valence-corrected chi connectivity index (χ2v) is 3.30. The molecule has 0 radical (unpaired) electrons. The van der Waals surface area contributed by atoms with Gasteiger partial charge in [0.1, 0.15) is 0 Å². The van der Waals surface area contributed by atoms with E-state index in [1.54, 1.807) is 0 Å². The topological polar surface area (TPSA) is 35.2 Å². The van der Waals surface area contributed by atoms with Crippen molar-refractivity contribution >= 4 is 12.4 Å². The van der Waals surface area contributed by atoms with Gasteiger partial charge in [-0.2, -0.15) is 0 Å². The van der Waals surface area contributed by atoms with Gasteiger partial charge in [-0.15, -0.1) is 12.4 Å². The standard InChI is InChI=1S/C11H17NO.ClH/c1-10(12)7-8-13-9-11-5-3-2-4-6-11;/h2-6,10H,7-9,12H2,1H3;1H/t10-;/m0./s1. The van der Waals surface area contributed by atoms with Crippen LogP contribution in [0.1, 0.15) is 18.9 Å². The summed E-state index contributed by atoms with van der Waals surface area (Å²) in [5.41, 5.74) is 6.81. The Bertz CT molecular complexity index is 226. The Morgan fingerprint density at radius 2 is 1.93 bits per heavy atom. The monoisotopic (exact) mass is 215 g/mol. The van der Waals surface area contributed by atoms with Gasteiger partial charge in [-0.3, -0.25) is 0 Å². The van der Waals surface area contributed by atoms with E-state index in [2.05, 4.69) is 12.1 Å². The highest BCUT2D eigenvalue weighted by Gasteiger charge is 1.94. The fraction of sp³-hybridized carbons (Fsp3) is 0.455. The van der Waals surface area contributed by atoms with E-state index in [1.165, 1.54) is 5.56 Å². The summed E-state index contributed by atoms with van der Waals surface area (Å²) >= 11 is 0. The van der Waals surface area contributed by atoms with Crippen molar-refractivity contribution in [3.05, 3.63) is 35.9 Å². The zero-order valence-electron chi connectivity index (χ0n) is 8.48. The number of benzene rings is 1. The van der Waals surface area contributed by atoms with Crippen molar-refractivity contribution in [2.75, 3.05) is 6.61 Å². The van der Waals surface area contributed by atoms with E-state index in [0.717, 1.165) is 13.0 Å². The molecule has 0 fully saturated rings. The van der Waals surface area contributed by atoms with Crippen LogP contribution in [0.25, 0.3) is 0 Å². The van der Waals surface area contributed by atoms with Gasteiger partial charge in [0.25, 0.3) is 0 Å². The lowest BCUT2D eigenvalue weighted by atomic mass is 10.2. The minimum Gasteiger partial charge on any atom is -0.377 e. The van der Waals surface area contributed by atoms with Crippen LogP contribution in [0.2, 0.25) is 0 Å². The van der Waals surface area contributed by atoms with E-state index in [0.29, 0.717) is 6.61 Å². The molecule has 1 rings (SSSR count). The Morgan fingerprint density at radius 3 is 2.50 bits per heavy atom. The van der Waals surface area contributed by atoms with Gasteiger partial charge in [-0.1, -0.05) is 30.3 Å². The van der Waals surface area contributed by atoms with E-state index in [4.69, 9.17) is 10.5 Å². The third-order valence-corrected chi connectivity index (χ3v) is 1.83. The Kier molecular flexibility index (Phi) is 7.48. The number of hydrogen-bond donors (Lipinski definition) is 1. The van der Waals surface area contributed by atoms with Gasteiger partial charge in [-0.25, -0.2) is 0 Å². The highest BCUT2D eigenvalue weighted by atomic mass is 35.5. The van der Waals surface area contributed by atoms with Crippen molar-refractivity contribution in [3.8, 4) is 0 Å². The van der Waals surface area contributed by atoms with Crippen LogP contribution in [0.5, 0.6) is 0 Å². The molecule has 0 aliphatic rings. The molecule has 2 nitrogen and oxygen atoms in total. The van der Waals surface area contributed by atoms with Crippen LogP contribution < -0.4 is 5.73 Å². The molecule has 0 heterocycles. The van der Waals surface area contributed by atoms with Crippen molar-refractivity contribution < 1.29 is 4.74 Å². The number of hydrogen-bond acceptors (Lipinski definition) is 2. The lowest BCUT2D eigenvalue weighted by molar-refractivity contribution is 0.115. The van der Waals surface area contributed by atoms with Crippen LogP contribution in [-0.2, 0) is 11.3 Å². The molecule has 1 aromatic carbocycles. The van der Waals surface area contributed by atoms with Crippen molar-refractivity contribution in [3.63, 3.8) is 0 Å². The van der Waals surface area contributed by atoms with E-state index in [9.17, 15) is 0 Å². The van der Waals surface area contributed by atoms with Gasteiger partial charge in [0, 0.05) is 12.6 Å². The second kappa shape index (κ2) is 7.80. The SMILES string of the molecule is C[C@H](N)CCOCc1ccccc1.Cl. The van der Waals surface area contributed by atoms with Gasteiger partial charge in [0.15, 0.2) is 0 Å². The molecule has 0 aromatic heterocycles. The molecule has 0 amide bonds. The number of halogens is 1. The molecule has 1 aromatic rings. The lowest BCUT2D eigenvalue weighted by Crippen LogP contribution is -2.17. The Balaban J connectivity index is 0.00000169. The van der Waals surface area contributed by atoms with E-state index in [1.807, 2.05) is 25.1 Å². The van der Waals surface area contributed by atoms with Gasteiger partial charge in [-0.05, 0) is 18.9 Å². The Morgan fingerprint density at radius 1 is 1.29 bits per heavy atom. The van der Waals surface area contributed by atoms with Crippen LogP contribution >= 0.6 is 12.4 Å². The summed E-state index contributed by atoms with van der Waals surface area (Å²) in [7, 11) is 0. The maximum atomic E-state index is 5.59. The molecule has 0 bridgehead atoms. The van der Waals surface area contributed by atoms with Crippen molar-refractivity contribution in [1.29, 1.82) is 0 Å². The molecule has 0 spiro atoms. The summed E-state index contributed by atoms with van der Waals surface area (Å²) in [6.45, 7) is 3.42. The summed E-state index contributed by atoms with van der Waals surface area (Å²) < 4.78 is 5.45. The second-order valence-electron chi connectivity index (χ2n) is 3.30. The predicted octanol–water partition coefficient (Wildman–Crippen LogP) is 2.36. The van der Waals surface area contributed by atoms with E-state index < -0.39 is 0 Å². The average Bonchev–Trinajstić information content (AvgIpc) is 2.14. The molecule has 0 unspecified atom stereocenters. The first-order valence-electron chi connectivity index (χ1n) is 4.66. The molecule has 3 heteroatoms. The minimum absolute atomic E-state index is 0. The molecule has 2 N–H and O–H groups in total. The Hall–Kier alpha value is -0.570. The molecular weight excluding hydrogens is 198 g/mol. The van der Waals surface area contributed by atoms with Gasteiger partial charge >= 0.3 is 0 Å². The number of rotatable bonds is 5. The molecule has 0 saturated heterocycles. The van der Waals surface area contributed by atoms with Crippen molar-refractivity contribution in [1.82, 2.24) is 0 Å². The largest absolute Gasteiger partial charge is 0.377 e. The average molecular weight is 216 g/mol. The zero-order valence-corrected chi connectivity index (χ0v) is 9.30. The van der Waals surface area contributed by atoms with Crippen LogP contribution in [0.4, 0.5) is 0 Å². The maximum absolute atomic E-state index is 5.59. The van der Waals surface area contributed by atoms with Crippen LogP contribution in [0.15, 0.2) is 30.3 Å². The Labute approximate surface area is 91.9 Å². The highest BCUT2D eigenvalue weighted by molar-refractivity contribution is 5.85. The third-order valence-electron chi connectivity index (χ3n) is 1.83. The van der Waals surface area contributed by atoms with E-state index >= 15 is 0 Å².